The minimum atomic E-state index is 0.0339. The molecule has 4 rings (SSSR count). The molecular formula is C24H26ClN5O. The van der Waals surface area contributed by atoms with E-state index in [0.29, 0.717) is 25.0 Å². The van der Waals surface area contributed by atoms with Crippen molar-refractivity contribution >= 4 is 34.2 Å². The zero-order valence-electron chi connectivity index (χ0n) is 18.3. The van der Waals surface area contributed by atoms with Crippen molar-refractivity contribution in [3.05, 3.63) is 69.1 Å². The first kappa shape index (κ1) is 21.2. The number of pyridine rings is 1. The third-order valence-electron chi connectivity index (χ3n) is 5.66. The van der Waals surface area contributed by atoms with Crippen LogP contribution in [0.3, 0.4) is 0 Å². The Balaban J connectivity index is 1.46. The van der Waals surface area contributed by atoms with Gasteiger partial charge in [-0.25, -0.2) is 14.5 Å². The summed E-state index contributed by atoms with van der Waals surface area (Å²) in [6, 6.07) is 9.75. The fourth-order valence-corrected chi connectivity index (χ4v) is 4.18. The van der Waals surface area contributed by atoms with Crippen LogP contribution in [0.1, 0.15) is 40.2 Å². The van der Waals surface area contributed by atoms with Crippen molar-refractivity contribution in [2.75, 3.05) is 6.54 Å². The highest BCUT2D eigenvalue weighted by Crippen LogP contribution is 2.25. The number of benzene rings is 1. The molecule has 0 saturated heterocycles. The number of carbonyl (C=O) groups excluding carboxylic acids is 1. The van der Waals surface area contributed by atoms with E-state index in [9.17, 15) is 4.79 Å². The molecule has 7 heteroatoms. The van der Waals surface area contributed by atoms with Gasteiger partial charge in [0, 0.05) is 35.1 Å². The van der Waals surface area contributed by atoms with E-state index in [1.165, 1.54) is 0 Å². The minimum Gasteiger partial charge on any atom is -0.356 e. The maximum Gasteiger partial charge on any atom is 0.220 e. The van der Waals surface area contributed by atoms with Crippen molar-refractivity contribution in [2.45, 2.75) is 47.0 Å². The number of fused-ring (bicyclic) bond motifs is 3. The molecule has 0 radical (unpaired) electrons. The monoisotopic (exact) mass is 435 g/mol. The highest BCUT2D eigenvalue weighted by atomic mass is 35.5. The van der Waals surface area contributed by atoms with Crippen LogP contribution in [-0.4, -0.2) is 32.0 Å². The van der Waals surface area contributed by atoms with Crippen molar-refractivity contribution in [1.29, 1.82) is 0 Å². The van der Waals surface area contributed by atoms with E-state index < -0.39 is 0 Å². The summed E-state index contributed by atoms with van der Waals surface area (Å²) in [6.07, 6.45) is 1.81. The lowest BCUT2D eigenvalue weighted by Crippen LogP contribution is -2.26. The molecule has 1 aromatic carbocycles. The van der Waals surface area contributed by atoms with Crippen LogP contribution in [0.4, 0.5) is 0 Å². The highest BCUT2D eigenvalue weighted by molar-refractivity contribution is 6.30. The van der Waals surface area contributed by atoms with Gasteiger partial charge in [-0.1, -0.05) is 23.7 Å². The number of hydrogen-bond acceptors (Lipinski definition) is 4. The smallest absolute Gasteiger partial charge is 0.220 e. The van der Waals surface area contributed by atoms with Gasteiger partial charge in [0.25, 0.3) is 0 Å². The lowest BCUT2D eigenvalue weighted by Gasteiger charge is -2.11. The maximum absolute atomic E-state index is 12.4. The Bertz CT molecular complexity index is 1280. The molecule has 0 bridgehead atoms. The molecule has 0 saturated carbocycles. The van der Waals surface area contributed by atoms with Gasteiger partial charge in [0.05, 0.1) is 5.39 Å². The Labute approximate surface area is 186 Å². The molecular weight excluding hydrogens is 410 g/mol. The molecule has 4 aromatic rings. The van der Waals surface area contributed by atoms with Crippen molar-refractivity contribution in [2.24, 2.45) is 0 Å². The Morgan fingerprint density at radius 3 is 2.55 bits per heavy atom. The van der Waals surface area contributed by atoms with Crippen molar-refractivity contribution in [1.82, 2.24) is 24.9 Å². The summed E-state index contributed by atoms with van der Waals surface area (Å²) in [6.45, 7) is 8.66. The molecule has 0 aliphatic heterocycles. The van der Waals surface area contributed by atoms with Crippen LogP contribution < -0.4 is 5.32 Å². The van der Waals surface area contributed by atoms with E-state index in [2.05, 4.69) is 28.4 Å². The first-order valence-electron chi connectivity index (χ1n) is 10.5. The topological polar surface area (TPSA) is 72.2 Å². The van der Waals surface area contributed by atoms with Gasteiger partial charge >= 0.3 is 0 Å². The number of amides is 1. The lowest BCUT2D eigenvalue weighted by atomic mass is 10.1. The van der Waals surface area contributed by atoms with Crippen LogP contribution in [0, 0.1) is 27.7 Å². The number of aromatic nitrogens is 4. The predicted octanol–water partition coefficient (Wildman–Crippen LogP) is 4.46. The average Bonchev–Trinajstić information content (AvgIpc) is 3.08. The van der Waals surface area contributed by atoms with Crippen LogP contribution in [0.25, 0.3) is 16.7 Å². The van der Waals surface area contributed by atoms with Gasteiger partial charge in [-0.3, -0.25) is 4.79 Å². The number of rotatable bonds is 6. The first-order chi connectivity index (χ1) is 14.8. The zero-order valence-corrected chi connectivity index (χ0v) is 19.0. The predicted molar refractivity (Wildman–Crippen MR) is 124 cm³/mol. The molecule has 0 aliphatic carbocycles. The minimum absolute atomic E-state index is 0.0339. The Morgan fingerprint density at radius 1 is 1.06 bits per heavy atom. The Morgan fingerprint density at radius 2 is 1.81 bits per heavy atom. The molecule has 3 heterocycles. The molecule has 3 aromatic heterocycles. The maximum atomic E-state index is 12.4. The Hall–Kier alpha value is -2.99. The number of hydrogen-bond donors (Lipinski definition) is 1. The van der Waals surface area contributed by atoms with E-state index in [4.69, 9.17) is 16.6 Å². The van der Waals surface area contributed by atoms with Gasteiger partial charge in [-0.2, -0.15) is 0 Å². The van der Waals surface area contributed by atoms with Crippen molar-refractivity contribution < 1.29 is 4.79 Å². The summed E-state index contributed by atoms with van der Waals surface area (Å²) in [5.74, 6) is 0.0339. The Kier molecular flexibility index (Phi) is 5.92. The molecule has 31 heavy (non-hydrogen) atoms. The van der Waals surface area contributed by atoms with Crippen LogP contribution in [0.5, 0.6) is 0 Å². The SMILES string of the molecule is Cc1cc(C)c2c(n1)nn1c(C)c(CCC(=O)NCCc3ccc(Cl)cc3)c(C)nc21. The third kappa shape index (κ3) is 4.39. The zero-order chi connectivity index (χ0) is 22.1. The number of nitrogens with one attached hydrogen (secondary N) is 1. The molecule has 0 unspecified atom stereocenters. The fraction of sp³-hybridized carbons (Fsp3) is 0.333. The van der Waals surface area contributed by atoms with Gasteiger partial charge < -0.3 is 5.32 Å². The van der Waals surface area contributed by atoms with Crippen LogP contribution in [-0.2, 0) is 17.6 Å². The summed E-state index contributed by atoms with van der Waals surface area (Å²) in [4.78, 5) is 21.8. The van der Waals surface area contributed by atoms with Crippen molar-refractivity contribution in [3.8, 4) is 0 Å². The summed E-state index contributed by atoms with van der Waals surface area (Å²) < 4.78 is 1.87. The molecule has 0 aliphatic rings. The first-order valence-corrected chi connectivity index (χ1v) is 10.8. The van der Waals surface area contributed by atoms with E-state index in [1.807, 2.05) is 49.6 Å². The fourth-order valence-electron chi connectivity index (χ4n) is 4.05. The second kappa shape index (κ2) is 8.63. The standard InChI is InChI=1S/C24H26ClN5O/c1-14-13-15(2)27-23-22(14)24-28-16(3)20(17(4)30(24)29-23)9-10-21(31)26-12-11-18-5-7-19(25)8-6-18/h5-8,13H,9-12H2,1-4H3,(H,26,31). The summed E-state index contributed by atoms with van der Waals surface area (Å²) in [7, 11) is 0. The van der Waals surface area contributed by atoms with E-state index in [0.717, 1.165) is 56.2 Å². The van der Waals surface area contributed by atoms with E-state index in [1.54, 1.807) is 0 Å². The van der Waals surface area contributed by atoms with Gasteiger partial charge in [-0.15, -0.1) is 5.10 Å². The van der Waals surface area contributed by atoms with Crippen LogP contribution >= 0.6 is 11.6 Å². The highest BCUT2D eigenvalue weighted by Gasteiger charge is 2.17. The lowest BCUT2D eigenvalue weighted by molar-refractivity contribution is -0.121. The molecule has 0 fully saturated rings. The van der Waals surface area contributed by atoms with Crippen LogP contribution in [0.15, 0.2) is 30.3 Å². The summed E-state index contributed by atoms with van der Waals surface area (Å²) in [5.41, 5.74) is 7.75. The molecule has 1 N–H and O–H groups in total. The number of nitrogens with zero attached hydrogens (tertiary/aromatic N) is 4. The molecule has 0 spiro atoms. The van der Waals surface area contributed by atoms with Gasteiger partial charge in [0.15, 0.2) is 11.3 Å². The second-order valence-electron chi connectivity index (χ2n) is 8.00. The molecule has 1 amide bonds. The van der Waals surface area contributed by atoms with Gasteiger partial charge in [-0.05, 0) is 75.4 Å². The van der Waals surface area contributed by atoms with E-state index >= 15 is 0 Å². The number of carbonyl (C=O) groups is 1. The van der Waals surface area contributed by atoms with Crippen molar-refractivity contribution in [3.63, 3.8) is 0 Å². The van der Waals surface area contributed by atoms with Gasteiger partial charge in [0.1, 0.15) is 0 Å². The summed E-state index contributed by atoms with van der Waals surface area (Å²) in [5, 5.41) is 9.40. The average molecular weight is 436 g/mol. The molecule has 160 valence electrons. The van der Waals surface area contributed by atoms with E-state index in [-0.39, 0.29) is 5.91 Å². The second-order valence-corrected chi connectivity index (χ2v) is 8.44. The number of aryl methyl sites for hydroxylation is 4. The third-order valence-corrected chi connectivity index (χ3v) is 5.91. The quantitative estimate of drug-likeness (QED) is 0.485. The molecule has 0 atom stereocenters. The largest absolute Gasteiger partial charge is 0.356 e. The van der Waals surface area contributed by atoms with Crippen LogP contribution in [0.2, 0.25) is 5.02 Å². The summed E-state index contributed by atoms with van der Waals surface area (Å²) >= 11 is 5.91. The molecule has 6 nitrogen and oxygen atoms in total. The normalized spacial score (nSPS) is 11.4. The van der Waals surface area contributed by atoms with Gasteiger partial charge in [0.2, 0.25) is 5.91 Å². The number of halogens is 1.